The van der Waals surface area contributed by atoms with Crippen LogP contribution in [0.2, 0.25) is 5.02 Å². The van der Waals surface area contributed by atoms with Crippen LogP contribution in [-0.4, -0.2) is 27.2 Å². The number of nitrogens with zero attached hydrogens (tertiary/aromatic N) is 2. The van der Waals surface area contributed by atoms with Crippen molar-refractivity contribution in [3.63, 3.8) is 0 Å². The molecule has 0 saturated heterocycles. The number of phenolic OH excluding ortho intramolecular Hbond substituents is 1. The summed E-state index contributed by atoms with van der Waals surface area (Å²) in [6.45, 7) is 1.87. The fourth-order valence-corrected chi connectivity index (χ4v) is 3.11. The molecule has 28 heavy (non-hydrogen) atoms. The van der Waals surface area contributed by atoms with E-state index in [1.54, 1.807) is 0 Å². The maximum absolute atomic E-state index is 12.3. The standard InChI is InChI=1S/C19H16ClN3O4S/c1-2-11-3-6-13(7-4-11)21-17(25)18-23-22-16(28-18)10-27-19(26)14-9-12(20)5-8-15(14)24/h3-9,24H,2,10H2,1H3,(H,21,25). The third-order valence-electron chi connectivity index (χ3n) is 3.79. The van der Waals surface area contributed by atoms with E-state index in [9.17, 15) is 14.7 Å². The molecular formula is C19H16ClN3O4S. The molecule has 2 aromatic carbocycles. The van der Waals surface area contributed by atoms with Crippen molar-refractivity contribution in [3.8, 4) is 5.75 Å². The molecule has 0 saturated carbocycles. The molecule has 1 aromatic heterocycles. The van der Waals surface area contributed by atoms with Crippen molar-refractivity contribution < 1.29 is 19.4 Å². The summed E-state index contributed by atoms with van der Waals surface area (Å²) in [6, 6.07) is 11.6. The summed E-state index contributed by atoms with van der Waals surface area (Å²) < 4.78 is 5.11. The van der Waals surface area contributed by atoms with Crippen LogP contribution in [0.25, 0.3) is 0 Å². The lowest BCUT2D eigenvalue weighted by Gasteiger charge is -2.05. The molecule has 7 nitrogen and oxygen atoms in total. The number of carbonyl (C=O) groups is 2. The van der Waals surface area contributed by atoms with Gasteiger partial charge in [-0.25, -0.2) is 4.79 Å². The molecule has 3 aromatic rings. The predicted octanol–water partition coefficient (Wildman–Crippen LogP) is 4.07. The molecule has 2 N–H and O–H groups in total. The monoisotopic (exact) mass is 417 g/mol. The van der Waals surface area contributed by atoms with Crippen molar-refractivity contribution in [2.75, 3.05) is 5.32 Å². The number of hydrogen-bond acceptors (Lipinski definition) is 7. The number of carbonyl (C=O) groups excluding carboxylic acids is 2. The molecule has 3 rings (SSSR count). The van der Waals surface area contributed by atoms with Crippen molar-refractivity contribution in [1.82, 2.24) is 10.2 Å². The number of amides is 1. The van der Waals surface area contributed by atoms with Crippen LogP contribution in [0.5, 0.6) is 5.75 Å². The summed E-state index contributed by atoms with van der Waals surface area (Å²) in [5, 5.41) is 20.9. The fraction of sp³-hybridized carbons (Fsp3) is 0.158. The molecule has 0 aliphatic rings. The molecule has 9 heteroatoms. The third kappa shape index (κ3) is 4.85. The average molecular weight is 418 g/mol. The number of anilines is 1. The Hall–Kier alpha value is -2.97. The zero-order valence-electron chi connectivity index (χ0n) is 14.8. The second-order valence-electron chi connectivity index (χ2n) is 5.74. The van der Waals surface area contributed by atoms with Gasteiger partial charge in [-0.3, -0.25) is 4.79 Å². The van der Waals surface area contributed by atoms with Gasteiger partial charge in [-0.05, 0) is 42.3 Å². The first-order chi connectivity index (χ1) is 13.5. The Bertz CT molecular complexity index is 1000. The summed E-state index contributed by atoms with van der Waals surface area (Å²) in [5.41, 5.74) is 1.77. The van der Waals surface area contributed by atoms with Gasteiger partial charge in [0, 0.05) is 10.7 Å². The highest BCUT2D eigenvalue weighted by atomic mass is 35.5. The van der Waals surface area contributed by atoms with Crippen molar-refractivity contribution in [1.29, 1.82) is 0 Å². The van der Waals surface area contributed by atoms with Crippen LogP contribution < -0.4 is 5.32 Å². The van der Waals surface area contributed by atoms with Gasteiger partial charge >= 0.3 is 5.97 Å². The Morgan fingerprint density at radius 3 is 2.64 bits per heavy atom. The van der Waals surface area contributed by atoms with Crippen LogP contribution in [-0.2, 0) is 17.8 Å². The average Bonchev–Trinajstić information content (AvgIpc) is 3.18. The molecule has 0 spiro atoms. The summed E-state index contributed by atoms with van der Waals surface area (Å²) in [4.78, 5) is 24.3. The van der Waals surface area contributed by atoms with E-state index >= 15 is 0 Å². The molecule has 0 radical (unpaired) electrons. The third-order valence-corrected chi connectivity index (χ3v) is 4.92. The van der Waals surface area contributed by atoms with Crippen LogP contribution in [0, 0.1) is 0 Å². The van der Waals surface area contributed by atoms with Gasteiger partial charge < -0.3 is 15.2 Å². The Balaban J connectivity index is 1.59. The maximum Gasteiger partial charge on any atom is 0.342 e. The Kier molecular flexibility index (Phi) is 6.23. The van der Waals surface area contributed by atoms with Crippen LogP contribution in [0.3, 0.4) is 0 Å². The smallest absolute Gasteiger partial charge is 0.342 e. The molecular weight excluding hydrogens is 402 g/mol. The molecule has 0 aliphatic carbocycles. The number of halogens is 1. The maximum atomic E-state index is 12.3. The van der Waals surface area contributed by atoms with Crippen molar-refractivity contribution in [2.45, 2.75) is 20.0 Å². The molecule has 0 fully saturated rings. The van der Waals surface area contributed by atoms with E-state index in [2.05, 4.69) is 22.4 Å². The Morgan fingerprint density at radius 1 is 1.18 bits per heavy atom. The Labute approximate surface area is 170 Å². The predicted molar refractivity (Wildman–Crippen MR) is 106 cm³/mol. The molecule has 0 bridgehead atoms. The van der Waals surface area contributed by atoms with E-state index in [0.29, 0.717) is 15.7 Å². The van der Waals surface area contributed by atoms with Crippen LogP contribution in [0.1, 0.15) is 37.7 Å². The van der Waals surface area contributed by atoms with E-state index in [4.69, 9.17) is 16.3 Å². The van der Waals surface area contributed by atoms with Gasteiger partial charge in [0.05, 0.1) is 0 Å². The number of esters is 1. The number of nitrogens with one attached hydrogen (secondary N) is 1. The highest BCUT2D eigenvalue weighted by molar-refractivity contribution is 7.13. The first-order valence-corrected chi connectivity index (χ1v) is 9.54. The van der Waals surface area contributed by atoms with E-state index in [1.165, 1.54) is 23.8 Å². The zero-order chi connectivity index (χ0) is 20.1. The second-order valence-corrected chi connectivity index (χ2v) is 7.24. The Morgan fingerprint density at radius 2 is 1.93 bits per heavy atom. The SMILES string of the molecule is CCc1ccc(NC(=O)c2nnc(COC(=O)c3cc(Cl)ccc3O)s2)cc1. The summed E-state index contributed by atoms with van der Waals surface area (Å²) in [6.07, 6.45) is 0.916. The lowest BCUT2D eigenvalue weighted by Crippen LogP contribution is -2.11. The summed E-state index contributed by atoms with van der Waals surface area (Å²) in [7, 11) is 0. The highest BCUT2D eigenvalue weighted by Crippen LogP contribution is 2.23. The number of aryl methyl sites for hydroxylation is 1. The van der Waals surface area contributed by atoms with Gasteiger partial charge in [0.1, 0.15) is 17.9 Å². The minimum atomic E-state index is -0.753. The van der Waals surface area contributed by atoms with Gasteiger partial charge in [0.2, 0.25) is 5.01 Å². The van der Waals surface area contributed by atoms with Crippen LogP contribution in [0.15, 0.2) is 42.5 Å². The van der Waals surface area contributed by atoms with Crippen molar-refractivity contribution in [3.05, 3.63) is 68.6 Å². The van der Waals surface area contributed by atoms with Gasteiger partial charge in [0.25, 0.3) is 5.91 Å². The fourth-order valence-electron chi connectivity index (χ4n) is 2.29. The van der Waals surface area contributed by atoms with E-state index < -0.39 is 11.9 Å². The summed E-state index contributed by atoms with van der Waals surface area (Å²) in [5.74, 6) is -1.38. The first-order valence-electron chi connectivity index (χ1n) is 8.34. The molecule has 0 atom stereocenters. The van der Waals surface area contributed by atoms with Crippen LogP contribution >= 0.6 is 22.9 Å². The lowest BCUT2D eigenvalue weighted by atomic mass is 10.1. The van der Waals surface area contributed by atoms with Crippen LogP contribution in [0.4, 0.5) is 5.69 Å². The summed E-state index contributed by atoms with van der Waals surface area (Å²) >= 11 is 6.83. The minimum Gasteiger partial charge on any atom is -0.507 e. The lowest BCUT2D eigenvalue weighted by molar-refractivity contribution is 0.0468. The molecule has 1 heterocycles. The topological polar surface area (TPSA) is 101 Å². The number of benzene rings is 2. The number of rotatable bonds is 6. The van der Waals surface area contributed by atoms with Gasteiger partial charge in [-0.2, -0.15) is 0 Å². The van der Waals surface area contributed by atoms with Crippen molar-refractivity contribution in [2.24, 2.45) is 0 Å². The second kappa shape index (κ2) is 8.81. The van der Waals surface area contributed by atoms with Gasteiger partial charge in [-0.15, -0.1) is 10.2 Å². The van der Waals surface area contributed by atoms with E-state index in [0.717, 1.165) is 17.8 Å². The number of hydrogen-bond donors (Lipinski definition) is 2. The molecule has 144 valence electrons. The number of ether oxygens (including phenoxy) is 1. The first kappa shape index (κ1) is 19.8. The number of phenols is 1. The number of aromatic nitrogens is 2. The van der Waals surface area contributed by atoms with E-state index in [-0.39, 0.29) is 22.9 Å². The quantitative estimate of drug-likeness (QED) is 0.586. The minimum absolute atomic E-state index is 0.0505. The highest BCUT2D eigenvalue weighted by Gasteiger charge is 2.17. The van der Waals surface area contributed by atoms with Gasteiger partial charge in [0.15, 0.2) is 5.01 Å². The van der Waals surface area contributed by atoms with Gasteiger partial charge in [-0.1, -0.05) is 42.0 Å². The molecule has 0 aliphatic heterocycles. The largest absolute Gasteiger partial charge is 0.507 e. The zero-order valence-corrected chi connectivity index (χ0v) is 16.4. The van der Waals surface area contributed by atoms with E-state index in [1.807, 2.05) is 24.3 Å². The molecule has 0 unspecified atom stereocenters. The number of aromatic hydroxyl groups is 1. The van der Waals surface area contributed by atoms with Crippen molar-refractivity contribution >= 4 is 40.5 Å². The molecule has 1 amide bonds. The normalized spacial score (nSPS) is 10.5.